The van der Waals surface area contributed by atoms with Gasteiger partial charge in [0.1, 0.15) is 0 Å². The Bertz CT molecular complexity index is 1190. The number of nitrogens with zero attached hydrogens (tertiary/aromatic N) is 4. The molecule has 0 atom stereocenters. The fourth-order valence-electron chi connectivity index (χ4n) is 8.29. The molecule has 0 bridgehead atoms. The van der Waals surface area contributed by atoms with Gasteiger partial charge >= 0.3 is 0 Å². The molecule has 2 aromatic carbocycles. The summed E-state index contributed by atoms with van der Waals surface area (Å²) in [6.07, 6.45) is 7.10. The van der Waals surface area contributed by atoms with Crippen LogP contribution in [0.2, 0.25) is 0 Å². The summed E-state index contributed by atoms with van der Waals surface area (Å²) in [6.45, 7) is 30.1. The normalized spacial score (nSPS) is 18.7. The van der Waals surface area contributed by atoms with Crippen LogP contribution >= 0.6 is 149 Å². The Morgan fingerprint density at radius 3 is 0.629 bits per heavy atom. The number of benzene rings is 2. The molecule has 3 fully saturated rings. The van der Waals surface area contributed by atoms with Crippen molar-refractivity contribution < 1.29 is 0 Å². The van der Waals surface area contributed by atoms with Gasteiger partial charge in [0.05, 0.1) is 0 Å². The monoisotopic (exact) mass is 1240 g/mol. The van der Waals surface area contributed by atoms with Crippen molar-refractivity contribution in [2.45, 2.75) is 64.7 Å². The Balaban J connectivity index is -0.000000534. The fourth-order valence-corrected chi connectivity index (χ4v) is 8.29. The average Bonchev–Trinajstić information content (AvgIpc) is 3.24. The summed E-state index contributed by atoms with van der Waals surface area (Å²) in [7, 11) is 0. The van der Waals surface area contributed by atoms with Crippen LogP contribution in [0.15, 0.2) is 48.5 Å². The molecule has 424 valence electrons. The Morgan fingerprint density at radius 2 is 0.400 bits per heavy atom. The molecule has 5 rings (SSSR count). The van der Waals surface area contributed by atoms with Crippen molar-refractivity contribution >= 4 is 149 Å². The maximum atomic E-state index is 3.67. The van der Waals surface area contributed by atoms with E-state index >= 15 is 0 Å². The molecule has 0 unspecified atom stereocenters. The minimum atomic E-state index is 0. The molecule has 0 radical (unpaired) electrons. The zero-order valence-electron chi connectivity index (χ0n) is 41.3. The van der Waals surface area contributed by atoms with Crippen LogP contribution in [0, 0.1) is 0 Å². The molecule has 8 N–H and O–H groups in total. The van der Waals surface area contributed by atoms with E-state index in [4.69, 9.17) is 0 Å². The Labute approximate surface area is 499 Å². The lowest BCUT2D eigenvalue weighted by Gasteiger charge is -2.29. The maximum absolute atomic E-state index is 3.67. The van der Waals surface area contributed by atoms with Gasteiger partial charge in [0.15, 0.2) is 0 Å². The topological polar surface area (TPSA) is 109 Å². The molecule has 0 aliphatic carbocycles. The lowest BCUT2D eigenvalue weighted by molar-refractivity contribution is 0.189. The van der Waals surface area contributed by atoms with Crippen molar-refractivity contribution in [2.24, 2.45) is 0 Å². The molecule has 70 heavy (non-hydrogen) atoms. The maximum Gasteiger partial charge on any atom is 0.0234 e. The molecular formula is C46H96Cl12N12. The third-order valence-electron chi connectivity index (χ3n) is 11.8. The first kappa shape index (κ1) is 88.1. The second-order valence-corrected chi connectivity index (χ2v) is 16.9. The van der Waals surface area contributed by atoms with E-state index < -0.39 is 0 Å². The van der Waals surface area contributed by atoms with E-state index in [2.05, 4.69) is 111 Å². The number of halogens is 12. The van der Waals surface area contributed by atoms with E-state index in [1.54, 1.807) is 0 Å². The molecule has 12 nitrogen and oxygen atoms in total. The zero-order valence-corrected chi connectivity index (χ0v) is 51.1. The summed E-state index contributed by atoms with van der Waals surface area (Å²) in [5, 5.41) is 29.0. The van der Waals surface area contributed by atoms with Crippen LogP contribution in [0.5, 0.6) is 0 Å². The predicted molar refractivity (Wildman–Crippen MR) is 332 cm³/mol. The molecular weight excluding hydrogens is 1150 g/mol. The Kier molecular flexibility index (Phi) is 75.1. The third-order valence-corrected chi connectivity index (χ3v) is 11.8. The van der Waals surface area contributed by atoms with E-state index in [9.17, 15) is 0 Å². The molecule has 3 aliphatic heterocycles. The van der Waals surface area contributed by atoms with Crippen molar-refractivity contribution in [1.82, 2.24) is 62.1 Å². The Morgan fingerprint density at radius 1 is 0.214 bits per heavy atom. The fraction of sp³-hybridized carbons (Fsp3) is 0.739. The Hall–Kier alpha value is 1.44. The van der Waals surface area contributed by atoms with Crippen molar-refractivity contribution in [2.75, 3.05) is 157 Å². The van der Waals surface area contributed by atoms with Crippen molar-refractivity contribution in [3.05, 3.63) is 70.8 Å². The summed E-state index contributed by atoms with van der Waals surface area (Å²) in [5.74, 6) is 0. The first-order valence-corrected chi connectivity index (χ1v) is 23.5. The van der Waals surface area contributed by atoms with Crippen LogP contribution in [0.3, 0.4) is 0 Å². The predicted octanol–water partition coefficient (Wildman–Crippen LogP) is 6.75. The van der Waals surface area contributed by atoms with E-state index in [0.717, 1.165) is 183 Å². The lowest BCUT2D eigenvalue weighted by atomic mass is 10.1. The highest BCUT2D eigenvalue weighted by Crippen LogP contribution is 2.14. The highest BCUT2D eigenvalue weighted by Gasteiger charge is 2.14. The number of hydrogen-bond acceptors (Lipinski definition) is 12. The SMILES string of the molecule is Cl.Cl.Cl.Cl.Cl.Cl.Cl.Cl.Cl.Cl.Cl.Cl.c1cc(CN2CCCNCCNCCCN(Cc3ccc(CN4CCCNCCNCCCNCC4)cc3)CC2)ccc1CN1CCCNCCNCCCNCC1. The van der Waals surface area contributed by atoms with Gasteiger partial charge in [0, 0.05) is 105 Å². The van der Waals surface area contributed by atoms with Crippen LogP contribution in [0.1, 0.15) is 60.8 Å². The molecule has 3 saturated heterocycles. The molecule has 3 heterocycles. The quantitative estimate of drug-likeness (QED) is 0.143. The smallest absolute Gasteiger partial charge is 0.0234 e. The van der Waals surface area contributed by atoms with Crippen LogP contribution in [0.4, 0.5) is 0 Å². The van der Waals surface area contributed by atoms with E-state index in [1.807, 2.05) is 0 Å². The summed E-state index contributed by atoms with van der Waals surface area (Å²) in [6, 6.07) is 19.1. The minimum absolute atomic E-state index is 0. The van der Waals surface area contributed by atoms with Gasteiger partial charge in [0.2, 0.25) is 0 Å². The van der Waals surface area contributed by atoms with Crippen LogP contribution in [-0.4, -0.2) is 177 Å². The summed E-state index contributed by atoms with van der Waals surface area (Å²) < 4.78 is 0. The van der Waals surface area contributed by atoms with Crippen LogP contribution < -0.4 is 42.5 Å². The van der Waals surface area contributed by atoms with Crippen molar-refractivity contribution in [3.8, 4) is 0 Å². The van der Waals surface area contributed by atoms with E-state index in [-0.39, 0.29) is 149 Å². The van der Waals surface area contributed by atoms with Crippen molar-refractivity contribution in [3.63, 3.8) is 0 Å². The lowest BCUT2D eigenvalue weighted by Crippen LogP contribution is -2.38. The van der Waals surface area contributed by atoms with Gasteiger partial charge in [-0.1, -0.05) is 48.5 Å². The summed E-state index contributed by atoms with van der Waals surface area (Å²) in [5.41, 5.74) is 5.71. The van der Waals surface area contributed by atoms with Gasteiger partial charge in [0.25, 0.3) is 0 Å². The van der Waals surface area contributed by atoms with Gasteiger partial charge in [-0.2, -0.15) is 0 Å². The van der Waals surface area contributed by atoms with E-state index in [0.29, 0.717) is 0 Å². The second kappa shape index (κ2) is 59.7. The molecule has 24 heteroatoms. The van der Waals surface area contributed by atoms with Gasteiger partial charge in [-0.3, -0.25) is 19.6 Å². The first-order valence-electron chi connectivity index (χ1n) is 23.5. The summed E-state index contributed by atoms with van der Waals surface area (Å²) in [4.78, 5) is 10.7. The third kappa shape index (κ3) is 42.5. The highest BCUT2D eigenvalue weighted by atomic mass is 35.5. The molecule has 0 spiro atoms. The van der Waals surface area contributed by atoms with Gasteiger partial charge in [-0.25, -0.2) is 0 Å². The zero-order chi connectivity index (χ0) is 40.0. The minimum Gasteiger partial charge on any atom is -0.315 e. The van der Waals surface area contributed by atoms with Crippen LogP contribution in [0.25, 0.3) is 0 Å². The number of hydrogen-bond donors (Lipinski definition) is 8. The van der Waals surface area contributed by atoms with E-state index in [1.165, 1.54) is 60.8 Å². The summed E-state index contributed by atoms with van der Waals surface area (Å²) >= 11 is 0. The van der Waals surface area contributed by atoms with Crippen molar-refractivity contribution in [1.29, 1.82) is 0 Å². The number of nitrogens with one attached hydrogen (secondary N) is 8. The molecule has 2 aromatic rings. The second-order valence-electron chi connectivity index (χ2n) is 16.9. The first-order chi connectivity index (χ1) is 28.8. The van der Waals surface area contributed by atoms with Gasteiger partial charge in [-0.05, 0) is 139 Å². The largest absolute Gasteiger partial charge is 0.315 e. The van der Waals surface area contributed by atoms with Crippen LogP contribution in [-0.2, 0) is 26.2 Å². The molecule has 0 saturated carbocycles. The van der Waals surface area contributed by atoms with Gasteiger partial charge < -0.3 is 42.5 Å². The standard InChI is InChI=1S/C46H84N12.12ClH/c1-15-47-23-25-49-19-3-31-55(35-29-53-17-1)39-43-7-11-45(12-8-43)41-57-33-5-21-51-27-28-52-22-6-34-58(38-37-57)42-46-13-9-44(10-14-46)40-56-32-4-20-50-26-24-48-16-2-18-54-30-36-56;;;;;;;;;;;;/h7-14,47-54H,1-6,15-42H2;12*1H. The highest BCUT2D eigenvalue weighted by molar-refractivity contribution is 5.86. The number of rotatable bonds is 8. The molecule has 0 aromatic heterocycles. The van der Waals surface area contributed by atoms with Gasteiger partial charge in [-0.15, -0.1) is 149 Å². The molecule has 0 amide bonds. The molecule has 3 aliphatic rings. The average molecular weight is 1240 g/mol.